The van der Waals surface area contributed by atoms with E-state index in [2.05, 4.69) is 11.4 Å². The number of hydrogen-bond acceptors (Lipinski definition) is 2. The Morgan fingerprint density at radius 2 is 2.33 bits per heavy atom. The van der Waals surface area contributed by atoms with E-state index in [1.54, 1.807) is 22.8 Å². The highest BCUT2D eigenvalue weighted by Crippen LogP contribution is 2.26. The van der Waals surface area contributed by atoms with E-state index in [1.165, 1.54) is 0 Å². The molecule has 92 valence electrons. The average molecular weight is 264 g/mol. The molecule has 0 fully saturated rings. The summed E-state index contributed by atoms with van der Waals surface area (Å²) in [7, 11) is 0. The van der Waals surface area contributed by atoms with Crippen molar-refractivity contribution in [3.05, 3.63) is 35.0 Å². The van der Waals surface area contributed by atoms with Crippen molar-refractivity contribution < 1.29 is 9.90 Å². The maximum atomic E-state index is 10.4. The van der Waals surface area contributed by atoms with Crippen molar-refractivity contribution >= 4 is 28.6 Å². The first kappa shape index (κ1) is 12.3. The minimum atomic E-state index is -1.08. The second-order valence-corrected chi connectivity index (χ2v) is 4.10. The molecule has 0 atom stereocenters. The van der Waals surface area contributed by atoms with Crippen molar-refractivity contribution in [1.29, 1.82) is 5.26 Å². The van der Waals surface area contributed by atoms with Gasteiger partial charge in [-0.3, -0.25) is 0 Å². The number of carboxylic acid groups (broad SMARTS) is 1. The fourth-order valence-electron chi connectivity index (χ4n) is 1.86. The maximum Gasteiger partial charge on any atom is 0.404 e. The number of fused-ring (bicyclic) bond motifs is 1. The molecule has 5 nitrogen and oxygen atoms in total. The average Bonchev–Trinajstić information content (AvgIpc) is 2.69. The van der Waals surface area contributed by atoms with Crippen LogP contribution in [0.1, 0.15) is 5.69 Å². The summed E-state index contributed by atoms with van der Waals surface area (Å²) in [6.45, 7) is 0.624. The predicted molar refractivity (Wildman–Crippen MR) is 67.7 cm³/mol. The highest BCUT2D eigenvalue weighted by molar-refractivity contribution is 6.35. The standard InChI is InChI=1S/C12H10ClN3O2/c13-10-2-1-3-11-9(10)6-8(7-14)16(11)5-4-15-12(17)18/h1-3,6,15H,4-5H2,(H,17,18). The van der Waals surface area contributed by atoms with Crippen LogP contribution in [0, 0.1) is 11.3 Å². The van der Waals surface area contributed by atoms with Gasteiger partial charge in [-0.1, -0.05) is 17.7 Å². The monoisotopic (exact) mass is 263 g/mol. The molecule has 0 saturated carbocycles. The van der Waals surface area contributed by atoms with Gasteiger partial charge in [0.25, 0.3) is 0 Å². The number of hydrogen-bond donors (Lipinski definition) is 2. The highest BCUT2D eigenvalue weighted by Gasteiger charge is 2.10. The Bertz CT molecular complexity index is 643. The lowest BCUT2D eigenvalue weighted by Gasteiger charge is -2.07. The fourth-order valence-corrected chi connectivity index (χ4v) is 2.08. The zero-order valence-electron chi connectivity index (χ0n) is 9.35. The first-order valence-electron chi connectivity index (χ1n) is 5.28. The smallest absolute Gasteiger partial charge is 0.404 e. The number of nitrogens with zero attached hydrogens (tertiary/aromatic N) is 2. The van der Waals surface area contributed by atoms with E-state index >= 15 is 0 Å². The summed E-state index contributed by atoms with van der Waals surface area (Å²) >= 11 is 6.05. The Hall–Kier alpha value is -2.19. The van der Waals surface area contributed by atoms with Crippen LogP contribution in [-0.2, 0) is 6.54 Å². The molecule has 0 saturated heterocycles. The van der Waals surface area contributed by atoms with Gasteiger partial charge in [0.05, 0.1) is 5.52 Å². The molecule has 0 aliphatic carbocycles. The van der Waals surface area contributed by atoms with E-state index in [1.807, 2.05) is 6.07 Å². The minimum absolute atomic E-state index is 0.236. The van der Waals surface area contributed by atoms with Crippen molar-refractivity contribution in [2.75, 3.05) is 6.54 Å². The Kier molecular flexibility index (Phi) is 3.40. The Balaban J connectivity index is 2.39. The molecule has 1 amide bonds. The molecule has 1 heterocycles. The van der Waals surface area contributed by atoms with Crippen molar-refractivity contribution in [2.24, 2.45) is 0 Å². The molecule has 0 spiro atoms. The van der Waals surface area contributed by atoms with Crippen LogP contribution in [0.4, 0.5) is 4.79 Å². The minimum Gasteiger partial charge on any atom is -0.465 e. The van der Waals surface area contributed by atoms with Crippen molar-refractivity contribution in [2.45, 2.75) is 6.54 Å². The molecular weight excluding hydrogens is 254 g/mol. The van der Waals surface area contributed by atoms with Crippen LogP contribution in [0.15, 0.2) is 24.3 Å². The van der Waals surface area contributed by atoms with Gasteiger partial charge in [-0.2, -0.15) is 5.26 Å². The van der Waals surface area contributed by atoms with Crippen LogP contribution in [0.25, 0.3) is 10.9 Å². The van der Waals surface area contributed by atoms with Crippen LogP contribution in [0.2, 0.25) is 5.02 Å². The van der Waals surface area contributed by atoms with Gasteiger partial charge in [0.1, 0.15) is 11.8 Å². The number of halogens is 1. The molecule has 1 aromatic carbocycles. The zero-order chi connectivity index (χ0) is 13.1. The quantitative estimate of drug-likeness (QED) is 0.893. The van der Waals surface area contributed by atoms with E-state index in [0.29, 0.717) is 17.3 Å². The van der Waals surface area contributed by atoms with Gasteiger partial charge >= 0.3 is 6.09 Å². The van der Waals surface area contributed by atoms with Gasteiger partial charge in [0.2, 0.25) is 0 Å². The van der Waals surface area contributed by atoms with Crippen molar-refractivity contribution in [3.8, 4) is 6.07 Å². The molecule has 0 radical (unpaired) electrons. The predicted octanol–water partition coefficient (Wildman–Crippen LogP) is 2.43. The van der Waals surface area contributed by atoms with Gasteiger partial charge in [-0.25, -0.2) is 4.79 Å². The summed E-state index contributed by atoms with van der Waals surface area (Å²) in [5, 5.41) is 21.2. The Morgan fingerprint density at radius 3 is 3.00 bits per heavy atom. The number of amides is 1. The lowest BCUT2D eigenvalue weighted by atomic mass is 10.2. The molecule has 18 heavy (non-hydrogen) atoms. The SMILES string of the molecule is N#Cc1cc2c(Cl)cccc2n1CCNC(=O)O. The number of aromatic nitrogens is 1. The summed E-state index contributed by atoms with van der Waals surface area (Å²) in [5.74, 6) is 0. The van der Waals surface area contributed by atoms with Crippen molar-refractivity contribution in [3.63, 3.8) is 0 Å². The Morgan fingerprint density at radius 1 is 1.56 bits per heavy atom. The molecule has 2 rings (SSSR count). The molecule has 0 bridgehead atoms. The van der Waals surface area contributed by atoms with E-state index in [9.17, 15) is 4.79 Å². The summed E-state index contributed by atoms with van der Waals surface area (Å²) in [4.78, 5) is 10.4. The zero-order valence-corrected chi connectivity index (χ0v) is 10.1. The summed E-state index contributed by atoms with van der Waals surface area (Å²) in [5.41, 5.74) is 1.29. The number of benzene rings is 1. The van der Waals surface area contributed by atoms with Gasteiger partial charge in [0.15, 0.2) is 0 Å². The van der Waals surface area contributed by atoms with Gasteiger partial charge in [-0.15, -0.1) is 0 Å². The third-order valence-electron chi connectivity index (χ3n) is 2.62. The number of nitrogens with one attached hydrogen (secondary N) is 1. The third kappa shape index (κ3) is 2.24. The van der Waals surface area contributed by atoms with Gasteiger partial charge in [-0.05, 0) is 18.2 Å². The number of rotatable bonds is 3. The topological polar surface area (TPSA) is 78.0 Å². The summed E-state index contributed by atoms with van der Waals surface area (Å²) in [6.07, 6.45) is -1.08. The third-order valence-corrected chi connectivity index (χ3v) is 2.95. The largest absolute Gasteiger partial charge is 0.465 e. The molecule has 2 aromatic rings. The lowest BCUT2D eigenvalue weighted by molar-refractivity contribution is 0.194. The maximum absolute atomic E-state index is 10.4. The van der Waals surface area contributed by atoms with Crippen molar-refractivity contribution in [1.82, 2.24) is 9.88 Å². The number of nitriles is 1. The van der Waals surface area contributed by atoms with E-state index in [0.717, 1.165) is 10.9 Å². The van der Waals surface area contributed by atoms with Gasteiger partial charge in [0, 0.05) is 23.5 Å². The molecule has 6 heteroatoms. The Labute approximate surface area is 108 Å². The highest BCUT2D eigenvalue weighted by atomic mass is 35.5. The normalized spacial score (nSPS) is 10.2. The number of carbonyl (C=O) groups is 1. The molecule has 0 aliphatic rings. The van der Waals surface area contributed by atoms with Crippen LogP contribution in [0.3, 0.4) is 0 Å². The van der Waals surface area contributed by atoms with Crippen LogP contribution >= 0.6 is 11.6 Å². The van der Waals surface area contributed by atoms with Gasteiger partial charge < -0.3 is 15.0 Å². The molecule has 1 aromatic heterocycles. The van der Waals surface area contributed by atoms with Crippen LogP contribution in [-0.4, -0.2) is 22.3 Å². The second kappa shape index (κ2) is 4.98. The summed E-state index contributed by atoms with van der Waals surface area (Å²) < 4.78 is 1.75. The molecule has 0 aliphatic heterocycles. The second-order valence-electron chi connectivity index (χ2n) is 3.70. The van der Waals surface area contributed by atoms with Crippen LogP contribution in [0.5, 0.6) is 0 Å². The molecule has 2 N–H and O–H groups in total. The fraction of sp³-hybridized carbons (Fsp3) is 0.167. The molecule has 0 unspecified atom stereocenters. The van der Waals surface area contributed by atoms with Crippen LogP contribution < -0.4 is 5.32 Å². The molecular formula is C12H10ClN3O2. The lowest BCUT2D eigenvalue weighted by Crippen LogP contribution is -2.25. The van der Waals surface area contributed by atoms with E-state index < -0.39 is 6.09 Å². The first-order valence-corrected chi connectivity index (χ1v) is 5.66. The summed E-state index contributed by atoms with van der Waals surface area (Å²) in [6, 6.07) is 9.19. The van der Waals surface area contributed by atoms with E-state index in [4.69, 9.17) is 22.0 Å². The van der Waals surface area contributed by atoms with E-state index in [-0.39, 0.29) is 6.54 Å². The first-order chi connectivity index (χ1) is 8.63.